The maximum absolute atomic E-state index is 13.6. The number of methoxy groups -OCH3 is 2. The third-order valence-electron chi connectivity index (χ3n) is 8.04. The van der Waals surface area contributed by atoms with Gasteiger partial charge in [0.15, 0.2) is 23.0 Å². The predicted octanol–water partition coefficient (Wildman–Crippen LogP) is 4.77. The van der Waals surface area contributed by atoms with Crippen LogP contribution in [-0.2, 0) is 7.05 Å². The second kappa shape index (κ2) is 9.26. The average Bonchev–Trinajstić information content (AvgIpc) is 3.65. The topological polar surface area (TPSA) is 96.3 Å². The van der Waals surface area contributed by atoms with Crippen LogP contribution >= 0.6 is 0 Å². The Balaban J connectivity index is 1.32. The van der Waals surface area contributed by atoms with Crippen molar-refractivity contribution in [2.75, 3.05) is 27.6 Å². The van der Waals surface area contributed by atoms with Crippen molar-refractivity contribution in [3.05, 3.63) is 87.2 Å². The Labute approximate surface area is 235 Å². The molecule has 2 amide bonds. The van der Waals surface area contributed by atoms with E-state index in [1.807, 2.05) is 18.2 Å². The number of benzene rings is 3. The zero-order valence-electron chi connectivity index (χ0n) is 22.8. The molecule has 0 unspecified atom stereocenters. The van der Waals surface area contributed by atoms with Crippen LogP contribution in [0.4, 0.5) is 0 Å². The lowest BCUT2D eigenvalue weighted by molar-refractivity contribution is 0.0653. The van der Waals surface area contributed by atoms with Gasteiger partial charge in [0.05, 0.1) is 36.4 Å². The van der Waals surface area contributed by atoms with Gasteiger partial charge < -0.3 is 23.5 Å². The lowest BCUT2D eigenvalue weighted by Crippen LogP contribution is -2.30. The first-order valence-corrected chi connectivity index (χ1v) is 13.3. The highest BCUT2D eigenvalue weighted by Gasteiger charge is 2.35. The fraction of sp³-hybridized carbons (Fsp3) is 0.219. The second-order valence-corrected chi connectivity index (χ2v) is 10.2. The Morgan fingerprint density at radius 1 is 0.829 bits per heavy atom. The summed E-state index contributed by atoms with van der Waals surface area (Å²) < 4.78 is 24.1. The van der Waals surface area contributed by atoms with Crippen molar-refractivity contribution in [3.63, 3.8) is 0 Å². The van der Waals surface area contributed by atoms with Crippen molar-refractivity contribution in [2.24, 2.45) is 7.05 Å². The SMILES string of the molecule is COc1cc2c3c(n(C)c(=O)c2cc1OC)-c1cc2c(cc1/C3=C\CCCN1C(=O)c3ccccc3C1=O)OCO2. The zero-order chi connectivity index (χ0) is 28.4. The van der Waals surface area contributed by atoms with Crippen LogP contribution in [-0.4, -0.2) is 48.8 Å². The maximum atomic E-state index is 13.6. The summed E-state index contributed by atoms with van der Waals surface area (Å²) in [7, 11) is 4.87. The summed E-state index contributed by atoms with van der Waals surface area (Å²) in [6, 6.07) is 14.3. The van der Waals surface area contributed by atoms with Crippen LogP contribution in [0.25, 0.3) is 27.6 Å². The number of pyridine rings is 1. The normalized spacial score (nSPS) is 15.5. The minimum atomic E-state index is -0.260. The molecule has 0 bridgehead atoms. The number of ether oxygens (including phenoxy) is 4. The largest absolute Gasteiger partial charge is 0.493 e. The summed E-state index contributed by atoms with van der Waals surface area (Å²) in [5, 5.41) is 1.25. The Morgan fingerprint density at radius 2 is 1.44 bits per heavy atom. The third-order valence-corrected chi connectivity index (χ3v) is 8.04. The molecule has 0 fully saturated rings. The van der Waals surface area contributed by atoms with Crippen molar-refractivity contribution in [3.8, 4) is 34.3 Å². The summed E-state index contributed by atoms with van der Waals surface area (Å²) >= 11 is 0. The molecule has 2 aliphatic heterocycles. The smallest absolute Gasteiger partial charge is 0.261 e. The highest BCUT2D eigenvalue weighted by Crippen LogP contribution is 2.51. The summed E-state index contributed by atoms with van der Waals surface area (Å²) in [4.78, 5) is 40.6. The number of carbonyl (C=O) groups is 2. The van der Waals surface area contributed by atoms with Gasteiger partial charge in [-0.05, 0) is 60.4 Å². The van der Waals surface area contributed by atoms with E-state index in [2.05, 4.69) is 6.08 Å². The Kier molecular flexibility index (Phi) is 5.64. The third kappa shape index (κ3) is 3.58. The van der Waals surface area contributed by atoms with Gasteiger partial charge in [0.1, 0.15) is 0 Å². The Morgan fingerprint density at radius 3 is 2.07 bits per heavy atom. The van der Waals surface area contributed by atoms with Crippen molar-refractivity contribution in [2.45, 2.75) is 12.8 Å². The van der Waals surface area contributed by atoms with Crippen molar-refractivity contribution in [1.29, 1.82) is 0 Å². The van der Waals surface area contributed by atoms with Crippen molar-refractivity contribution >= 4 is 28.2 Å². The molecule has 3 aliphatic rings. The van der Waals surface area contributed by atoms with E-state index in [9.17, 15) is 14.4 Å². The Bertz CT molecular complexity index is 1870. The first kappa shape index (κ1) is 25.0. The molecule has 206 valence electrons. The van der Waals surface area contributed by atoms with E-state index in [0.29, 0.717) is 58.9 Å². The highest BCUT2D eigenvalue weighted by atomic mass is 16.7. The fourth-order valence-electron chi connectivity index (χ4n) is 6.07. The molecular weight excluding hydrogens is 524 g/mol. The molecule has 0 atom stereocenters. The van der Waals surface area contributed by atoms with Crippen LogP contribution in [0.1, 0.15) is 44.7 Å². The first-order valence-electron chi connectivity index (χ1n) is 13.3. The number of hydrogen-bond donors (Lipinski definition) is 0. The molecule has 0 saturated heterocycles. The van der Waals surface area contributed by atoms with E-state index in [0.717, 1.165) is 33.3 Å². The van der Waals surface area contributed by atoms with Crippen molar-refractivity contribution in [1.82, 2.24) is 9.47 Å². The number of imide groups is 1. The monoisotopic (exact) mass is 550 g/mol. The molecule has 1 aliphatic carbocycles. The second-order valence-electron chi connectivity index (χ2n) is 10.2. The number of allylic oxidation sites excluding steroid dienone is 1. The fourth-order valence-corrected chi connectivity index (χ4v) is 6.07. The molecule has 9 nitrogen and oxygen atoms in total. The van der Waals surface area contributed by atoms with Gasteiger partial charge in [0.25, 0.3) is 17.4 Å². The summed E-state index contributed by atoms with van der Waals surface area (Å²) in [6.45, 7) is 0.439. The van der Waals surface area contributed by atoms with Gasteiger partial charge in [0, 0.05) is 30.1 Å². The standard InChI is InChI=1S/C32H26N2O7/c1-33-29-22-14-27-26(40-16-41-27)12-20(22)17(28(29)21-13-24(38-2)25(39-3)15-23(21)30(33)35)8-6-7-11-34-31(36)18-9-4-5-10-19(18)32(34)37/h4-5,8-10,12-15H,6-7,11,16H2,1-3H3/b17-8+. The maximum Gasteiger partial charge on any atom is 0.261 e. The summed E-state index contributed by atoms with van der Waals surface area (Å²) in [5.41, 5.74) is 5.12. The molecule has 0 spiro atoms. The highest BCUT2D eigenvalue weighted by molar-refractivity contribution is 6.21. The molecule has 7 rings (SSSR count). The number of rotatable bonds is 6. The number of hydrogen-bond acceptors (Lipinski definition) is 7. The molecule has 1 aromatic heterocycles. The van der Waals surface area contributed by atoms with Crippen molar-refractivity contribution < 1.29 is 28.5 Å². The van der Waals surface area contributed by atoms with Gasteiger partial charge >= 0.3 is 0 Å². The molecule has 0 saturated carbocycles. The van der Waals surface area contributed by atoms with Gasteiger partial charge in [-0.2, -0.15) is 0 Å². The van der Waals surface area contributed by atoms with Crippen LogP contribution in [0.15, 0.2) is 59.4 Å². The van der Waals surface area contributed by atoms with E-state index in [4.69, 9.17) is 18.9 Å². The van der Waals surface area contributed by atoms with Gasteiger partial charge in [-0.1, -0.05) is 18.2 Å². The molecule has 3 heterocycles. The molecule has 9 heteroatoms. The minimum Gasteiger partial charge on any atom is -0.493 e. The lowest BCUT2D eigenvalue weighted by atomic mass is 9.97. The van der Waals surface area contributed by atoms with Crippen LogP contribution in [0.5, 0.6) is 23.0 Å². The van der Waals surface area contributed by atoms with Crippen LogP contribution in [0.2, 0.25) is 0 Å². The van der Waals surface area contributed by atoms with E-state index >= 15 is 0 Å². The van der Waals surface area contributed by atoms with Crippen LogP contribution < -0.4 is 24.5 Å². The predicted molar refractivity (Wildman–Crippen MR) is 152 cm³/mol. The van der Waals surface area contributed by atoms with Gasteiger partial charge in [-0.15, -0.1) is 0 Å². The van der Waals surface area contributed by atoms with E-state index in [-0.39, 0.29) is 24.2 Å². The van der Waals surface area contributed by atoms with Crippen LogP contribution in [0.3, 0.4) is 0 Å². The average molecular weight is 551 g/mol. The van der Waals surface area contributed by atoms with Gasteiger partial charge in [0.2, 0.25) is 6.79 Å². The molecule has 3 aromatic carbocycles. The summed E-state index contributed by atoms with van der Waals surface area (Å²) in [5.74, 6) is 1.74. The lowest BCUT2D eigenvalue weighted by Gasteiger charge is -2.15. The minimum absolute atomic E-state index is 0.137. The first-order chi connectivity index (χ1) is 19.9. The molecule has 4 aromatic rings. The van der Waals surface area contributed by atoms with Gasteiger partial charge in [-0.3, -0.25) is 19.3 Å². The number of amides is 2. The van der Waals surface area contributed by atoms with Gasteiger partial charge in [-0.25, -0.2) is 0 Å². The number of unbranched alkanes of at least 4 members (excludes halogenated alkanes) is 1. The van der Waals surface area contributed by atoms with E-state index < -0.39 is 0 Å². The quantitative estimate of drug-likeness (QED) is 0.222. The summed E-state index contributed by atoms with van der Waals surface area (Å²) in [6.07, 6.45) is 3.27. The number of carbonyl (C=O) groups excluding carboxylic acids is 2. The molecule has 41 heavy (non-hydrogen) atoms. The number of aromatic nitrogens is 1. The molecular formula is C32H26N2O7. The number of nitrogens with zero attached hydrogens (tertiary/aromatic N) is 2. The molecule has 0 radical (unpaired) electrons. The van der Waals surface area contributed by atoms with E-state index in [1.54, 1.807) is 56.2 Å². The molecule has 0 N–H and O–H groups in total. The number of fused-ring (bicyclic) bond motifs is 7. The Hall–Kier alpha value is -5.05. The van der Waals surface area contributed by atoms with Crippen LogP contribution in [0, 0.1) is 0 Å². The van der Waals surface area contributed by atoms with E-state index in [1.165, 1.54) is 4.90 Å². The zero-order valence-corrected chi connectivity index (χ0v) is 22.8.